The molecule has 25 nitrogen and oxygen atoms in total. The zero-order valence-corrected chi connectivity index (χ0v) is 76.3. The molecule has 18 unspecified atom stereocenters. The van der Waals surface area contributed by atoms with E-state index < -0.39 is 162 Å². The van der Waals surface area contributed by atoms with Crippen LogP contribution in [0.5, 0.6) is 0 Å². The van der Waals surface area contributed by atoms with Crippen molar-refractivity contribution in [2.45, 2.75) is 536 Å². The second-order valence-corrected chi connectivity index (χ2v) is 36.4. The number of hydrogen-bond acceptors (Lipinski definition) is 24. The predicted octanol–water partition coefficient (Wildman–Crippen LogP) is 18.7. The number of unbranched alkanes of at least 4 members (excludes halogenated alkanes) is 54. The number of ether oxygens (including phenoxy) is 8. The molecular formula is C94H175O25P. The molecule has 3 rings (SSSR count). The minimum Gasteiger partial charge on any atom is -0.463 e. The Morgan fingerprint density at radius 1 is 0.325 bits per heavy atom. The van der Waals surface area contributed by atoms with E-state index in [0.29, 0.717) is 32.1 Å². The molecular weight excluding hydrogens is 1560 g/mol. The van der Waals surface area contributed by atoms with Crippen LogP contribution in [0.4, 0.5) is 0 Å². The third-order valence-corrected chi connectivity index (χ3v) is 25.0. The molecule has 10 N–H and O–H groups in total. The number of phosphoric ester groups is 1. The third kappa shape index (κ3) is 52.5. The van der Waals surface area contributed by atoms with Gasteiger partial charge < -0.3 is 88.7 Å². The molecule has 0 radical (unpaired) electrons. The molecule has 18 atom stereocenters. The van der Waals surface area contributed by atoms with E-state index in [1.807, 2.05) is 0 Å². The minimum absolute atomic E-state index is 0.0113. The van der Waals surface area contributed by atoms with Crippen molar-refractivity contribution in [1.82, 2.24) is 0 Å². The fourth-order valence-electron chi connectivity index (χ4n) is 16.3. The Balaban J connectivity index is 1.90. The van der Waals surface area contributed by atoms with Crippen LogP contribution in [0.3, 0.4) is 0 Å². The summed E-state index contributed by atoms with van der Waals surface area (Å²) in [5.74, 6) is -2.95. The molecule has 26 heteroatoms. The van der Waals surface area contributed by atoms with Crippen molar-refractivity contribution in [3.05, 3.63) is 12.2 Å². The summed E-state index contributed by atoms with van der Waals surface area (Å²) in [7, 11) is -5.81. The molecule has 2 heterocycles. The molecule has 0 aromatic heterocycles. The molecule has 0 bridgehead atoms. The van der Waals surface area contributed by atoms with Crippen molar-refractivity contribution in [2.24, 2.45) is 0 Å². The minimum atomic E-state index is -5.81. The lowest BCUT2D eigenvalue weighted by molar-refractivity contribution is -0.360. The largest absolute Gasteiger partial charge is 0.472 e. The monoisotopic (exact) mass is 1740 g/mol. The van der Waals surface area contributed by atoms with Gasteiger partial charge in [-0.25, -0.2) is 4.57 Å². The second kappa shape index (κ2) is 73.2. The van der Waals surface area contributed by atoms with Crippen LogP contribution >= 0.6 is 7.82 Å². The standard InChI is InChI=1S/C94H175O25P/c1-5-9-13-17-21-25-29-33-37-41-43-46-50-54-58-62-66-77(96)110-71-74(113-79(98)68-64-60-56-52-48-44-39-35-31-27-23-19-15-11-7-3)72-112-120(108,109)119-92-90(117-93-87(106)83(102)81(100)75(70-95)114-93)86(105)85(104)89(116-80(99)69-65-61-57-53-49-45-40-36-32-28-24-20-16-12-8-4)91(92)118-94-88(107)84(103)82(101)76(115-94)73-111-78(97)67-63-59-55-51-47-42-38-34-30-26-22-18-14-10-6-2/h26,30,74-76,81-95,100-107H,5-25,27-29,31-73H2,1-4H3,(H,108,109)/b30-26-. The van der Waals surface area contributed by atoms with Gasteiger partial charge in [-0.05, 0) is 51.4 Å². The summed E-state index contributed by atoms with van der Waals surface area (Å²) >= 11 is 0. The molecule has 0 amide bonds. The first-order valence-electron chi connectivity index (χ1n) is 48.9. The van der Waals surface area contributed by atoms with Crippen molar-refractivity contribution in [1.29, 1.82) is 0 Å². The smallest absolute Gasteiger partial charge is 0.463 e. The van der Waals surface area contributed by atoms with Crippen molar-refractivity contribution >= 4 is 31.7 Å². The molecule has 0 aromatic rings. The van der Waals surface area contributed by atoms with E-state index in [2.05, 4.69) is 39.8 Å². The Morgan fingerprint density at radius 3 is 1.00 bits per heavy atom. The topological polar surface area (TPSA) is 380 Å². The predicted molar refractivity (Wildman–Crippen MR) is 467 cm³/mol. The Bertz CT molecular complexity index is 2530. The highest BCUT2D eigenvalue weighted by atomic mass is 31.2. The highest BCUT2D eigenvalue weighted by Gasteiger charge is 2.60. The van der Waals surface area contributed by atoms with Gasteiger partial charge in [-0.2, -0.15) is 0 Å². The first kappa shape index (κ1) is 111. The van der Waals surface area contributed by atoms with Gasteiger partial charge in [-0.3, -0.25) is 28.2 Å². The summed E-state index contributed by atoms with van der Waals surface area (Å²) < 4.78 is 73.6. The number of aliphatic hydroxyl groups excluding tert-OH is 9. The van der Waals surface area contributed by atoms with Crippen LogP contribution < -0.4 is 0 Å². The molecule has 706 valence electrons. The average Bonchev–Trinajstić information content (AvgIpc) is 0.753. The van der Waals surface area contributed by atoms with E-state index in [1.165, 1.54) is 199 Å². The molecule has 0 aromatic carbocycles. The number of hydrogen-bond donors (Lipinski definition) is 10. The van der Waals surface area contributed by atoms with Crippen LogP contribution in [0.15, 0.2) is 12.2 Å². The van der Waals surface area contributed by atoms with Crippen molar-refractivity contribution in [2.75, 3.05) is 26.4 Å². The summed E-state index contributed by atoms with van der Waals surface area (Å²) in [6.45, 7) is 5.64. The van der Waals surface area contributed by atoms with Gasteiger partial charge in [0.2, 0.25) is 0 Å². The molecule has 3 fully saturated rings. The number of phosphoric acid groups is 1. The highest BCUT2D eigenvalue weighted by molar-refractivity contribution is 7.47. The van der Waals surface area contributed by atoms with Crippen LogP contribution in [-0.4, -0.2) is 205 Å². The number of esters is 4. The number of rotatable bonds is 80. The maximum absolute atomic E-state index is 14.9. The molecule has 1 saturated carbocycles. The highest BCUT2D eigenvalue weighted by Crippen LogP contribution is 2.49. The molecule has 2 saturated heterocycles. The van der Waals surface area contributed by atoms with Gasteiger partial charge in [-0.15, -0.1) is 0 Å². The zero-order valence-electron chi connectivity index (χ0n) is 75.4. The van der Waals surface area contributed by atoms with Gasteiger partial charge >= 0.3 is 31.7 Å². The summed E-state index contributed by atoms with van der Waals surface area (Å²) in [6.07, 6.45) is 33.2. The first-order valence-corrected chi connectivity index (χ1v) is 50.4. The van der Waals surface area contributed by atoms with E-state index in [-0.39, 0.29) is 25.7 Å². The molecule has 2 aliphatic heterocycles. The summed E-state index contributed by atoms with van der Waals surface area (Å²) in [5.41, 5.74) is 0. The SMILES string of the molecule is CCCCCC/C=C\CCCCCCCCCC(=O)OCC1OC(OC2C(OC(=O)CCCCCCCCCCCCCCCCC)C(O)C(O)C(OC3OC(CO)C(O)C(O)C3O)C2OP(=O)(O)OCC(COC(=O)CCCCCCCCCCCCCCCCCC)OC(=O)CCCCCCCCCCCCCCCCC)C(O)C(O)C1O. The normalized spacial score (nSPS) is 24.7. The lowest BCUT2D eigenvalue weighted by Crippen LogP contribution is -2.70. The Labute approximate surface area is 724 Å². The Kier molecular flexibility index (Phi) is 67.9. The number of carbonyl (C=O) groups excluding carboxylic acids is 4. The summed E-state index contributed by atoms with van der Waals surface area (Å²) in [6, 6.07) is 0. The average molecular weight is 1740 g/mol. The van der Waals surface area contributed by atoms with E-state index >= 15 is 0 Å². The maximum atomic E-state index is 14.9. The fraction of sp³-hybridized carbons (Fsp3) is 0.936. The molecule has 3 aliphatic rings. The summed E-state index contributed by atoms with van der Waals surface area (Å²) in [4.78, 5) is 66.6. The van der Waals surface area contributed by atoms with Crippen LogP contribution in [0.1, 0.15) is 432 Å². The van der Waals surface area contributed by atoms with Crippen LogP contribution in [-0.2, 0) is 70.7 Å². The third-order valence-electron chi connectivity index (χ3n) is 24.0. The van der Waals surface area contributed by atoms with E-state index in [1.54, 1.807) is 0 Å². The lowest BCUT2D eigenvalue weighted by Gasteiger charge is -2.50. The van der Waals surface area contributed by atoms with Crippen molar-refractivity contribution < 1.29 is 122 Å². The van der Waals surface area contributed by atoms with Gasteiger partial charge in [0, 0.05) is 25.7 Å². The Hall–Kier alpha value is -2.79. The van der Waals surface area contributed by atoms with Gasteiger partial charge in [-0.1, -0.05) is 367 Å². The van der Waals surface area contributed by atoms with Crippen molar-refractivity contribution in [3.8, 4) is 0 Å². The molecule has 0 spiro atoms. The number of allylic oxidation sites excluding steroid dienone is 2. The fourth-order valence-corrected chi connectivity index (χ4v) is 17.2. The molecule has 120 heavy (non-hydrogen) atoms. The van der Waals surface area contributed by atoms with E-state index in [4.69, 9.17) is 46.9 Å². The first-order chi connectivity index (χ1) is 58.2. The van der Waals surface area contributed by atoms with Crippen molar-refractivity contribution in [3.63, 3.8) is 0 Å². The second-order valence-electron chi connectivity index (χ2n) is 34.9. The quantitative estimate of drug-likeness (QED) is 0.00889. The maximum Gasteiger partial charge on any atom is 0.472 e. The van der Waals surface area contributed by atoms with Crippen LogP contribution in [0.2, 0.25) is 0 Å². The number of carbonyl (C=O) groups is 4. The lowest BCUT2D eigenvalue weighted by atomic mass is 9.84. The van der Waals surface area contributed by atoms with Gasteiger partial charge in [0.1, 0.15) is 92.6 Å². The number of aliphatic hydroxyl groups is 9. The molecule has 1 aliphatic carbocycles. The van der Waals surface area contributed by atoms with Gasteiger partial charge in [0.25, 0.3) is 0 Å². The Morgan fingerprint density at radius 2 is 0.625 bits per heavy atom. The van der Waals surface area contributed by atoms with Crippen LogP contribution in [0, 0.1) is 0 Å². The van der Waals surface area contributed by atoms with Gasteiger partial charge in [0.05, 0.1) is 13.2 Å². The summed E-state index contributed by atoms with van der Waals surface area (Å²) in [5, 5.41) is 102. The zero-order chi connectivity index (χ0) is 87.5. The van der Waals surface area contributed by atoms with E-state index in [9.17, 15) is 74.6 Å². The van der Waals surface area contributed by atoms with Crippen LogP contribution in [0.25, 0.3) is 0 Å². The van der Waals surface area contributed by atoms with E-state index in [0.717, 1.165) is 148 Å². The van der Waals surface area contributed by atoms with Gasteiger partial charge in [0.15, 0.2) is 24.8 Å².